The van der Waals surface area contributed by atoms with Crippen LogP contribution in [0.15, 0.2) is 12.3 Å². The van der Waals surface area contributed by atoms with E-state index in [1.54, 1.807) is 0 Å². The number of nitrogens with one attached hydrogen (secondary N) is 1. The Balaban J connectivity index is 2.03. The van der Waals surface area contributed by atoms with Crippen LogP contribution in [0.3, 0.4) is 0 Å². The first kappa shape index (κ1) is 15.5. The summed E-state index contributed by atoms with van der Waals surface area (Å²) in [6.45, 7) is 13.4. The lowest BCUT2D eigenvalue weighted by Gasteiger charge is -2.35. The second-order valence-electron chi connectivity index (χ2n) is 6.36. The average molecular weight is 278 g/mol. The van der Waals surface area contributed by atoms with Gasteiger partial charge >= 0.3 is 0 Å². The van der Waals surface area contributed by atoms with E-state index in [1.807, 2.05) is 0 Å². The summed E-state index contributed by atoms with van der Waals surface area (Å²) in [6, 6.07) is 2.61. The highest BCUT2D eigenvalue weighted by atomic mass is 15.3. The van der Waals surface area contributed by atoms with Crippen LogP contribution in [0.4, 0.5) is 0 Å². The van der Waals surface area contributed by atoms with Crippen LogP contribution in [0.1, 0.15) is 58.7 Å². The molecule has 2 rings (SSSR count). The van der Waals surface area contributed by atoms with Crippen LogP contribution >= 0.6 is 0 Å². The molecule has 114 valence electrons. The molecule has 20 heavy (non-hydrogen) atoms. The van der Waals surface area contributed by atoms with Gasteiger partial charge in [-0.25, -0.2) is 0 Å². The summed E-state index contributed by atoms with van der Waals surface area (Å²) in [5.41, 5.74) is 1.48. The molecule has 0 radical (unpaired) electrons. The second-order valence-corrected chi connectivity index (χ2v) is 6.36. The first-order valence-corrected chi connectivity index (χ1v) is 8.10. The maximum atomic E-state index is 4.69. The first-order chi connectivity index (χ1) is 9.58. The van der Waals surface area contributed by atoms with E-state index in [1.165, 1.54) is 31.5 Å². The van der Waals surface area contributed by atoms with Crippen molar-refractivity contribution in [3.05, 3.63) is 18.0 Å². The molecule has 4 heteroatoms. The minimum atomic E-state index is 0.289. The Kier molecular flexibility index (Phi) is 5.22. The third-order valence-electron chi connectivity index (χ3n) is 4.61. The molecule has 0 amide bonds. The van der Waals surface area contributed by atoms with Gasteiger partial charge < -0.3 is 5.32 Å². The van der Waals surface area contributed by atoms with Crippen molar-refractivity contribution in [2.75, 3.05) is 19.6 Å². The maximum Gasteiger partial charge on any atom is 0.0764 e. The summed E-state index contributed by atoms with van der Waals surface area (Å²) < 4.78 is 2.05. The highest BCUT2D eigenvalue weighted by molar-refractivity contribution is 5.01. The van der Waals surface area contributed by atoms with Gasteiger partial charge in [-0.05, 0) is 52.3 Å². The highest BCUT2D eigenvalue weighted by Gasteiger charge is 2.30. The molecule has 0 aliphatic carbocycles. The van der Waals surface area contributed by atoms with Crippen molar-refractivity contribution in [3.63, 3.8) is 0 Å². The zero-order valence-electron chi connectivity index (χ0n) is 13.5. The standard InChI is InChI=1S/C16H30N4/c1-5-16(6-2)13-19(10-7-9-17-16)12-15-8-11-20(18-15)14(3)4/h8,11,14,17H,5-7,9-10,12-13H2,1-4H3. The summed E-state index contributed by atoms with van der Waals surface area (Å²) in [5.74, 6) is 0. The number of hydrogen-bond donors (Lipinski definition) is 1. The van der Waals surface area contributed by atoms with Gasteiger partial charge in [-0.1, -0.05) is 13.8 Å². The van der Waals surface area contributed by atoms with E-state index in [2.05, 4.69) is 60.0 Å². The summed E-state index contributed by atoms with van der Waals surface area (Å²) in [7, 11) is 0. The van der Waals surface area contributed by atoms with Crippen LogP contribution in [0.2, 0.25) is 0 Å². The van der Waals surface area contributed by atoms with Crippen molar-refractivity contribution in [3.8, 4) is 0 Å². The van der Waals surface area contributed by atoms with Gasteiger partial charge in [0.2, 0.25) is 0 Å². The molecule has 1 saturated heterocycles. The predicted molar refractivity (Wildman–Crippen MR) is 83.8 cm³/mol. The minimum Gasteiger partial charge on any atom is -0.310 e. The zero-order valence-corrected chi connectivity index (χ0v) is 13.5. The van der Waals surface area contributed by atoms with E-state index < -0.39 is 0 Å². The summed E-state index contributed by atoms with van der Waals surface area (Å²) >= 11 is 0. The largest absolute Gasteiger partial charge is 0.310 e. The van der Waals surface area contributed by atoms with E-state index in [9.17, 15) is 0 Å². The van der Waals surface area contributed by atoms with E-state index in [0.717, 1.165) is 19.6 Å². The second kappa shape index (κ2) is 6.72. The minimum absolute atomic E-state index is 0.289. The van der Waals surface area contributed by atoms with Gasteiger partial charge in [0.1, 0.15) is 0 Å². The molecule has 0 spiro atoms. The highest BCUT2D eigenvalue weighted by Crippen LogP contribution is 2.21. The van der Waals surface area contributed by atoms with Gasteiger partial charge in [0.05, 0.1) is 5.69 Å². The third kappa shape index (κ3) is 3.61. The molecule has 1 aromatic heterocycles. The van der Waals surface area contributed by atoms with Crippen LogP contribution in [0.5, 0.6) is 0 Å². The van der Waals surface area contributed by atoms with Crippen LogP contribution in [-0.4, -0.2) is 39.9 Å². The lowest BCUT2D eigenvalue weighted by molar-refractivity contribution is 0.189. The summed E-state index contributed by atoms with van der Waals surface area (Å²) in [5, 5.41) is 8.45. The monoisotopic (exact) mass is 278 g/mol. The predicted octanol–water partition coefficient (Wildman–Crippen LogP) is 2.82. The van der Waals surface area contributed by atoms with E-state index in [0.29, 0.717) is 6.04 Å². The fourth-order valence-electron chi connectivity index (χ4n) is 3.06. The molecule has 0 unspecified atom stereocenters. The molecule has 1 aromatic rings. The molecule has 0 aromatic carbocycles. The quantitative estimate of drug-likeness (QED) is 0.899. The Hall–Kier alpha value is -0.870. The molecule has 2 heterocycles. The topological polar surface area (TPSA) is 33.1 Å². The smallest absolute Gasteiger partial charge is 0.0764 e. The van der Waals surface area contributed by atoms with Gasteiger partial charge in [0, 0.05) is 30.9 Å². The first-order valence-electron chi connectivity index (χ1n) is 8.10. The Morgan fingerprint density at radius 2 is 2.10 bits per heavy atom. The zero-order chi connectivity index (χ0) is 14.6. The number of rotatable bonds is 5. The molecule has 0 bridgehead atoms. The van der Waals surface area contributed by atoms with Gasteiger partial charge in [-0.3, -0.25) is 9.58 Å². The fourth-order valence-corrected chi connectivity index (χ4v) is 3.06. The molecule has 0 saturated carbocycles. The van der Waals surface area contributed by atoms with Crippen molar-refractivity contribution in [1.29, 1.82) is 0 Å². The Morgan fingerprint density at radius 1 is 1.35 bits per heavy atom. The summed E-state index contributed by atoms with van der Waals surface area (Å²) in [6.07, 6.45) is 5.72. The van der Waals surface area contributed by atoms with Crippen LogP contribution < -0.4 is 5.32 Å². The van der Waals surface area contributed by atoms with Crippen molar-refractivity contribution in [2.24, 2.45) is 0 Å². The van der Waals surface area contributed by atoms with Gasteiger partial charge in [-0.2, -0.15) is 5.10 Å². The summed E-state index contributed by atoms with van der Waals surface area (Å²) in [4.78, 5) is 2.57. The van der Waals surface area contributed by atoms with Crippen molar-refractivity contribution >= 4 is 0 Å². The number of nitrogens with zero attached hydrogens (tertiary/aromatic N) is 3. The van der Waals surface area contributed by atoms with Crippen molar-refractivity contribution in [2.45, 2.75) is 65.1 Å². The van der Waals surface area contributed by atoms with Gasteiger partial charge in [0.25, 0.3) is 0 Å². The van der Waals surface area contributed by atoms with Crippen LogP contribution in [0, 0.1) is 0 Å². The molecular formula is C16H30N4. The normalized spacial score (nSPS) is 20.2. The van der Waals surface area contributed by atoms with Crippen LogP contribution in [-0.2, 0) is 6.54 Å². The molecular weight excluding hydrogens is 248 g/mol. The van der Waals surface area contributed by atoms with E-state index in [4.69, 9.17) is 0 Å². The SMILES string of the molecule is CCC1(CC)CN(Cc2ccn(C(C)C)n2)CCCN1. The molecule has 1 fully saturated rings. The fraction of sp³-hybridized carbons (Fsp3) is 0.812. The average Bonchev–Trinajstić information content (AvgIpc) is 2.80. The molecule has 0 atom stereocenters. The van der Waals surface area contributed by atoms with Gasteiger partial charge in [0.15, 0.2) is 0 Å². The van der Waals surface area contributed by atoms with Crippen molar-refractivity contribution in [1.82, 2.24) is 20.0 Å². The Bertz CT molecular complexity index is 406. The molecule has 1 N–H and O–H groups in total. The van der Waals surface area contributed by atoms with Crippen LogP contribution in [0.25, 0.3) is 0 Å². The van der Waals surface area contributed by atoms with Gasteiger partial charge in [-0.15, -0.1) is 0 Å². The lowest BCUT2D eigenvalue weighted by Crippen LogP contribution is -2.50. The number of aromatic nitrogens is 2. The van der Waals surface area contributed by atoms with E-state index in [-0.39, 0.29) is 5.54 Å². The number of hydrogen-bond acceptors (Lipinski definition) is 3. The van der Waals surface area contributed by atoms with Crippen molar-refractivity contribution < 1.29 is 0 Å². The maximum absolute atomic E-state index is 4.69. The molecule has 1 aliphatic rings. The molecule has 4 nitrogen and oxygen atoms in total. The third-order valence-corrected chi connectivity index (χ3v) is 4.61. The lowest BCUT2D eigenvalue weighted by atomic mass is 9.92. The Labute approximate surface area is 123 Å². The Morgan fingerprint density at radius 3 is 2.70 bits per heavy atom. The van der Waals surface area contributed by atoms with E-state index >= 15 is 0 Å². The molecule has 1 aliphatic heterocycles.